The summed E-state index contributed by atoms with van der Waals surface area (Å²) in [5.41, 5.74) is 3.23. The third-order valence-corrected chi connectivity index (χ3v) is 5.64. The average molecular weight is 388 g/mol. The van der Waals surface area contributed by atoms with Crippen LogP contribution in [0, 0.1) is 11.8 Å². The minimum atomic E-state index is 0.184. The molecule has 0 aliphatic heterocycles. The Morgan fingerprint density at radius 2 is 1.48 bits per heavy atom. The summed E-state index contributed by atoms with van der Waals surface area (Å²) in [5, 5.41) is 0. The van der Waals surface area contributed by atoms with Crippen LogP contribution in [0.1, 0.15) is 18.1 Å². The number of rotatable bonds is 5. The summed E-state index contributed by atoms with van der Waals surface area (Å²) in [6.07, 6.45) is 0.865. The van der Waals surface area contributed by atoms with E-state index in [1.54, 1.807) is 0 Å². The van der Waals surface area contributed by atoms with E-state index < -0.39 is 0 Å². The Morgan fingerprint density at radius 1 is 0.840 bits per heavy atom. The molecule has 0 aromatic heterocycles. The Kier molecular flexibility index (Phi) is 6.23. The summed E-state index contributed by atoms with van der Waals surface area (Å²) in [7, 11) is 0. The molecule has 0 aliphatic rings. The minimum absolute atomic E-state index is 0.184. The molecule has 0 saturated heterocycles. The Balaban J connectivity index is 1.96. The van der Waals surface area contributed by atoms with Crippen molar-refractivity contribution in [2.45, 2.75) is 13.3 Å². The fraction of sp³-hybridized carbons (Fsp3) is 0.0870. The van der Waals surface area contributed by atoms with E-state index in [2.05, 4.69) is 72.5 Å². The van der Waals surface area contributed by atoms with E-state index in [1.165, 1.54) is 14.6 Å². The molecule has 0 saturated carbocycles. The van der Waals surface area contributed by atoms with Crippen LogP contribution < -0.4 is 4.46 Å². The zero-order valence-electron chi connectivity index (χ0n) is 14.1. The third-order valence-electron chi connectivity index (χ3n) is 3.59. The number of nitrogens with zero attached hydrogens (tertiary/aromatic N) is 1. The molecule has 0 bridgehead atoms. The molecule has 0 aliphatic carbocycles. The molecule has 0 heterocycles. The Labute approximate surface area is 156 Å². The van der Waals surface area contributed by atoms with Gasteiger partial charge in [0, 0.05) is 0 Å². The fourth-order valence-electron chi connectivity index (χ4n) is 2.44. The molecule has 0 N–H and O–H groups in total. The van der Waals surface area contributed by atoms with Crippen molar-refractivity contribution in [3.05, 3.63) is 96.1 Å². The number of aliphatic imine (C=N–C) groups is 1. The first-order chi connectivity index (χ1) is 12.3. The maximum absolute atomic E-state index is 5.01. The van der Waals surface area contributed by atoms with Crippen LogP contribution in [0.4, 0.5) is 5.69 Å². The van der Waals surface area contributed by atoms with Crippen LogP contribution in [-0.2, 0) is 6.42 Å². The Morgan fingerprint density at radius 3 is 2.20 bits per heavy atom. The monoisotopic (exact) mass is 389 g/mol. The van der Waals surface area contributed by atoms with Crippen molar-refractivity contribution in [2.75, 3.05) is 0 Å². The summed E-state index contributed by atoms with van der Waals surface area (Å²) in [4.78, 5) is 5.01. The number of hydrogen-bond donors (Lipinski definition) is 0. The molecule has 0 unspecified atom stereocenters. The van der Waals surface area contributed by atoms with E-state index in [0.29, 0.717) is 0 Å². The normalized spacial score (nSPS) is 10.8. The molecule has 0 fully saturated rings. The molecule has 122 valence electrons. The van der Waals surface area contributed by atoms with Crippen LogP contribution in [-0.4, -0.2) is 19.6 Å². The number of hydrogen-bond acceptors (Lipinski definition) is 1. The van der Waals surface area contributed by atoms with Crippen molar-refractivity contribution < 1.29 is 0 Å². The van der Waals surface area contributed by atoms with Crippen LogP contribution in [0.25, 0.3) is 0 Å². The maximum atomic E-state index is 5.01. The first-order valence-electron chi connectivity index (χ1n) is 8.21. The summed E-state index contributed by atoms with van der Waals surface area (Å²) >= 11 is 0.184. The molecular formula is C23H19NSe. The van der Waals surface area contributed by atoms with Crippen molar-refractivity contribution in [3.8, 4) is 11.8 Å². The van der Waals surface area contributed by atoms with E-state index in [9.17, 15) is 0 Å². The summed E-state index contributed by atoms with van der Waals surface area (Å²) < 4.78 is 2.54. The van der Waals surface area contributed by atoms with Gasteiger partial charge < -0.3 is 0 Å². The summed E-state index contributed by atoms with van der Waals surface area (Å²) in [6, 6.07) is 29.2. The second kappa shape index (κ2) is 9.04. The van der Waals surface area contributed by atoms with Crippen molar-refractivity contribution in [1.29, 1.82) is 0 Å². The van der Waals surface area contributed by atoms with Crippen LogP contribution in [0.2, 0.25) is 0 Å². The van der Waals surface area contributed by atoms with Gasteiger partial charge in [-0.05, 0) is 0 Å². The third kappa shape index (κ3) is 5.19. The molecule has 0 radical (unpaired) electrons. The predicted octanol–water partition coefficient (Wildman–Crippen LogP) is 4.36. The molecule has 0 amide bonds. The van der Waals surface area contributed by atoms with Crippen molar-refractivity contribution in [2.24, 2.45) is 4.99 Å². The Hall–Kier alpha value is -2.59. The second-order valence-electron chi connectivity index (χ2n) is 5.48. The van der Waals surface area contributed by atoms with Crippen LogP contribution >= 0.6 is 0 Å². The molecule has 0 spiro atoms. The molecule has 3 aromatic rings. The SMILES string of the molecule is CC#Cc1ccccc1N=C(Cc1ccccc1)[Se]c1ccccc1. The van der Waals surface area contributed by atoms with Gasteiger partial charge in [-0.15, -0.1) is 0 Å². The molecule has 0 atom stereocenters. The van der Waals surface area contributed by atoms with Crippen LogP contribution in [0.15, 0.2) is 89.9 Å². The van der Waals surface area contributed by atoms with Gasteiger partial charge in [-0.25, -0.2) is 0 Å². The first kappa shape index (κ1) is 17.2. The van der Waals surface area contributed by atoms with E-state index in [1.807, 2.05) is 31.2 Å². The van der Waals surface area contributed by atoms with Crippen molar-refractivity contribution in [1.82, 2.24) is 0 Å². The zero-order chi connectivity index (χ0) is 17.3. The first-order valence-corrected chi connectivity index (χ1v) is 9.92. The second-order valence-corrected chi connectivity index (χ2v) is 7.88. The summed E-state index contributed by atoms with van der Waals surface area (Å²) in [6.45, 7) is 1.86. The van der Waals surface area contributed by atoms with Crippen molar-refractivity contribution >= 4 is 29.7 Å². The average Bonchev–Trinajstić information content (AvgIpc) is 2.65. The molecule has 2 heteroatoms. The van der Waals surface area contributed by atoms with Gasteiger partial charge in [0.25, 0.3) is 0 Å². The molecule has 3 aromatic carbocycles. The molecule has 3 rings (SSSR count). The fourth-order valence-corrected chi connectivity index (χ4v) is 4.43. The topological polar surface area (TPSA) is 12.4 Å². The van der Waals surface area contributed by atoms with Crippen molar-refractivity contribution in [3.63, 3.8) is 0 Å². The standard InChI is InChI=1S/C23H19NSe/c1-2-11-20-14-9-10-17-22(20)24-23(18-19-12-5-3-6-13-19)25-21-15-7-4-8-16-21/h3-10,12-17H,18H2,1H3. The molecule has 25 heavy (non-hydrogen) atoms. The Bertz CT molecular complexity index is 859. The van der Waals surface area contributed by atoms with E-state index in [4.69, 9.17) is 4.99 Å². The zero-order valence-corrected chi connectivity index (χ0v) is 15.9. The van der Waals surface area contributed by atoms with Gasteiger partial charge >= 0.3 is 156 Å². The number of para-hydroxylation sites is 1. The van der Waals surface area contributed by atoms with Gasteiger partial charge in [-0.1, -0.05) is 0 Å². The van der Waals surface area contributed by atoms with E-state index >= 15 is 0 Å². The molecular weight excluding hydrogens is 369 g/mol. The van der Waals surface area contributed by atoms with E-state index in [0.717, 1.165) is 17.7 Å². The predicted molar refractivity (Wildman–Crippen MR) is 108 cm³/mol. The molecule has 1 nitrogen and oxygen atoms in total. The van der Waals surface area contributed by atoms with Gasteiger partial charge in [-0.3, -0.25) is 0 Å². The van der Waals surface area contributed by atoms with Gasteiger partial charge in [0.15, 0.2) is 0 Å². The number of benzene rings is 3. The quantitative estimate of drug-likeness (QED) is 0.350. The van der Waals surface area contributed by atoms with Crippen LogP contribution in [0.3, 0.4) is 0 Å². The summed E-state index contributed by atoms with van der Waals surface area (Å²) in [5.74, 6) is 6.14. The van der Waals surface area contributed by atoms with Gasteiger partial charge in [0.2, 0.25) is 0 Å². The van der Waals surface area contributed by atoms with Gasteiger partial charge in [0.05, 0.1) is 0 Å². The van der Waals surface area contributed by atoms with Gasteiger partial charge in [-0.2, -0.15) is 0 Å². The van der Waals surface area contributed by atoms with E-state index in [-0.39, 0.29) is 15.0 Å². The van der Waals surface area contributed by atoms with Gasteiger partial charge in [0.1, 0.15) is 0 Å². The van der Waals surface area contributed by atoms with Crippen LogP contribution in [0.5, 0.6) is 0 Å².